The average Bonchev–Trinajstić information content (AvgIpc) is 3.14. The van der Waals surface area contributed by atoms with Crippen molar-refractivity contribution in [3.63, 3.8) is 0 Å². The highest BCUT2D eigenvalue weighted by Crippen LogP contribution is 2.22. The van der Waals surface area contributed by atoms with Gasteiger partial charge in [0.05, 0.1) is 23.2 Å². The molecule has 31 heavy (non-hydrogen) atoms. The number of benzene rings is 2. The number of amides is 1. The molecule has 0 bridgehead atoms. The molecule has 2 aromatic carbocycles. The Morgan fingerprint density at radius 1 is 1.13 bits per heavy atom. The van der Waals surface area contributed by atoms with Crippen LogP contribution < -0.4 is 10.7 Å². The van der Waals surface area contributed by atoms with Gasteiger partial charge in [0.25, 0.3) is 5.91 Å². The van der Waals surface area contributed by atoms with Gasteiger partial charge in [0.1, 0.15) is 23.3 Å². The van der Waals surface area contributed by atoms with Crippen LogP contribution in [-0.2, 0) is 0 Å². The molecule has 2 aromatic rings. The highest BCUT2D eigenvalue weighted by molar-refractivity contribution is 6.30. The minimum atomic E-state index is -0.712. The summed E-state index contributed by atoms with van der Waals surface area (Å²) in [5.41, 5.74) is 3.44. The molecule has 1 fully saturated rings. The fourth-order valence-electron chi connectivity index (χ4n) is 3.04. The van der Waals surface area contributed by atoms with Crippen molar-refractivity contribution >= 4 is 35.0 Å². The van der Waals surface area contributed by atoms with E-state index in [1.165, 1.54) is 24.3 Å². The number of nitrogens with one attached hydrogen (secondary N) is 2. The lowest BCUT2D eigenvalue weighted by Gasteiger charge is -2.21. The Bertz CT molecular complexity index is 1110. The summed E-state index contributed by atoms with van der Waals surface area (Å²) in [6.45, 7) is 0. The van der Waals surface area contributed by atoms with E-state index in [9.17, 15) is 18.0 Å². The molecule has 1 heterocycles. The summed E-state index contributed by atoms with van der Waals surface area (Å²) >= 11 is 5.66. The number of hydrogen-bond acceptors (Lipinski definition) is 3. The minimum absolute atomic E-state index is 0.0284. The lowest BCUT2D eigenvalue weighted by atomic mass is 9.94. The molecular formula is C21H17ClF3N5O. The topological polar surface area (TPSA) is 78.2 Å². The monoisotopic (exact) mass is 447 g/mol. The molecule has 0 radical (unpaired) electrons. The third-order valence-electron chi connectivity index (χ3n) is 4.88. The normalized spacial score (nSPS) is 17.9. The van der Waals surface area contributed by atoms with E-state index < -0.39 is 23.4 Å². The number of guanidine groups is 1. The first-order chi connectivity index (χ1) is 14.9. The molecule has 1 aliphatic heterocycles. The van der Waals surface area contributed by atoms with Crippen LogP contribution in [0, 0.1) is 17.5 Å². The molecule has 2 aliphatic rings. The lowest BCUT2D eigenvalue weighted by molar-refractivity contribution is 0.0976. The van der Waals surface area contributed by atoms with Gasteiger partial charge in [-0.25, -0.2) is 18.2 Å². The molecule has 10 heteroatoms. The van der Waals surface area contributed by atoms with Crippen LogP contribution in [0.5, 0.6) is 0 Å². The Morgan fingerprint density at radius 2 is 1.87 bits per heavy atom. The first-order valence-electron chi connectivity index (χ1n) is 9.58. The van der Waals surface area contributed by atoms with Gasteiger partial charge in [-0.05, 0) is 49.6 Å². The molecule has 0 spiro atoms. The zero-order valence-electron chi connectivity index (χ0n) is 16.1. The van der Waals surface area contributed by atoms with Crippen molar-refractivity contribution in [3.8, 4) is 0 Å². The molecule has 0 unspecified atom stereocenters. The molecule has 4 rings (SSSR count). The van der Waals surface area contributed by atoms with Gasteiger partial charge in [-0.2, -0.15) is 10.1 Å². The highest BCUT2D eigenvalue weighted by Gasteiger charge is 2.21. The van der Waals surface area contributed by atoms with Crippen molar-refractivity contribution in [2.75, 3.05) is 0 Å². The Morgan fingerprint density at radius 3 is 2.52 bits per heavy atom. The molecule has 160 valence electrons. The number of amidine groups is 1. The minimum Gasteiger partial charge on any atom is -0.291 e. The van der Waals surface area contributed by atoms with Crippen LogP contribution in [0.2, 0.25) is 5.02 Å². The molecule has 2 N–H and O–H groups in total. The number of halogens is 4. The largest absolute Gasteiger partial charge is 0.291 e. The zero-order valence-corrected chi connectivity index (χ0v) is 16.9. The number of rotatable bonds is 3. The fourth-order valence-corrected chi connectivity index (χ4v) is 3.16. The number of aliphatic imine (C=N–C) groups is 2. The summed E-state index contributed by atoms with van der Waals surface area (Å²) < 4.78 is 40.7. The molecule has 1 amide bonds. The molecule has 0 aromatic heterocycles. The van der Waals surface area contributed by atoms with Crippen LogP contribution in [0.15, 0.2) is 51.5 Å². The SMILES string of the molecule is O=C(NC(N=C1CC(c2cc(F)cc(F)c2)=NN1)=NC1CCC1)c1ccc(Cl)c(F)c1. The Labute approximate surface area is 180 Å². The van der Waals surface area contributed by atoms with Crippen molar-refractivity contribution < 1.29 is 18.0 Å². The maximum absolute atomic E-state index is 13.7. The van der Waals surface area contributed by atoms with Crippen LogP contribution in [0.3, 0.4) is 0 Å². The van der Waals surface area contributed by atoms with Gasteiger partial charge < -0.3 is 0 Å². The second-order valence-corrected chi connectivity index (χ2v) is 7.59. The summed E-state index contributed by atoms with van der Waals surface area (Å²) in [5.74, 6) is -2.33. The van der Waals surface area contributed by atoms with Crippen LogP contribution in [0.4, 0.5) is 13.2 Å². The van der Waals surface area contributed by atoms with Crippen molar-refractivity contribution in [1.82, 2.24) is 10.7 Å². The van der Waals surface area contributed by atoms with E-state index in [4.69, 9.17) is 11.6 Å². The summed E-state index contributed by atoms with van der Waals surface area (Å²) in [6.07, 6.45) is 2.94. The van der Waals surface area contributed by atoms with Gasteiger partial charge in [-0.1, -0.05) is 11.6 Å². The van der Waals surface area contributed by atoms with Crippen LogP contribution in [-0.4, -0.2) is 29.5 Å². The van der Waals surface area contributed by atoms with Gasteiger partial charge in [-0.3, -0.25) is 15.5 Å². The molecule has 6 nitrogen and oxygen atoms in total. The number of hydrazone groups is 1. The third kappa shape index (κ3) is 5.11. The number of nitrogens with zero attached hydrogens (tertiary/aromatic N) is 3. The van der Waals surface area contributed by atoms with Gasteiger partial charge in [0, 0.05) is 17.2 Å². The van der Waals surface area contributed by atoms with E-state index in [1.807, 2.05) is 0 Å². The zero-order chi connectivity index (χ0) is 22.0. The van der Waals surface area contributed by atoms with E-state index in [-0.39, 0.29) is 34.6 Å². The van der Waals surface area contributed by atoms with Crippen molar-refractivity contribution in [1.29, 1.82) is 0 Å². The summed E-state index contributed by atoms with van der Waals surface area (Å²) in [7, 11) is 0. The van der Waals surface area contributed by atoms with E-state index >= 15 is 0 Å². The van der Waals surface area contributed by atoms with E-state index in [0.29, 0.717) is 11.5 Å². The Balaban J connectivity index is 1.52. The lowest BCUT2D eigenvalue weighted by Crippen LogP contribution is -2.33. The molecular weight excluding hydrogens is 431 g/mol. The first kappa shape index (κ1) is 21.0. The maximum Gasteiger partial charge on any atom is 0.258 e. The maximum atomic E-state index is 13.7. The Hall–Kier alpha value is -3.20. The van der Waals surface area contributed by atoms with Crippen molar-refractivity contribution in [3.05, 3.63) is 70.0 Å². The summed E-state index contributed by atoms with van der Waals surface area (Å²) in [5, 5.41) is 6.56. The molecule has 1 saturated carbocycles. The van der Waals surface area contributed by atoms with E-state index in [1.54, 1.807) is 0 Å². The quantitative estimate of drug-likeness (QED) is 0.546. The predicted molar refractivity (Wildman–Crippen MR) is 112 cm³/mol. The molecule has 1 aliphatic carbocycles. The average molecular weight is 448 g/mol. The summed E-state index contributed by atoms with van der Waals surface area (Å²) in [4.78, 5) is 21.3. The first-order valence-corrected chi connectivity index (χ1v) is 9.96. The molecule has 0 saturated heterocycles. The van der Waals surface area contributed by atoms with Gasteiger partial charge in [0.15, 0.2) is 0 Å². The number of hydrogen-bond donors (Lipinski definition) is 2. The second-order valence-electron chi connectivity index (χ2n) is 7.18. The predicted octanol–water partition coefficient (Wildman–Crippen LogP) is 4.19. The highest BCUT2D eigenvalue weighted by atomic mass is 35.5. The smallest absolute Gasteiger partial charge is 0.258 e. The fraction of sp³-hybridized carbons (Fsp3) is 0.238. The Kier molecular flexibility index (Phi) is 6.03. The van der Waals surface area contributed by atoms with Crippen molar-refractivity contribution in [2.24, 2.45) is 15.1 Å². The second kappa shape index (κ2) is 8.89. The van der Waals surface area contributed by atoms with Crippen LogP contribution >= 0.6 is 11.6 Å². The number of carbonyl (C=O) groups is 1. The summed E-state index contributed by atoms with van der Waals surface area (Å²) in [6, 6.07) is 6.86. The van der Waals surface area contributed by atoms with Gasteiger partial charge in [-0.15, -0.1) is 0 Å². The third-order valence-corrected chi connectivity index (χ3v) is 5.18. The van der Waals surface area contributed by atoms with E-state index in [0.717, 1.165) is 31.4 Å². The van der Waals surface area contributed by atoms with E-state index in [2.05, 4.69) is 25.8 Å². The molecule has 0 atom stereocenters. The van der Waals surface area contributed by atoms with Gasteiger partial charge >= 0.3 is 0 Å². The number of carbonyl (C=O) groups excluding carboxylic acids is 1. The standard InChI is InChI=1S/C21H17ClF3N5O/c22-16-5-4-11(8-17(16)25)20(31)28-21(26-15-2-1-3-15)27-19-10-18(29-30-19)12-6-13(23)9-14(24)7-12/h4-9,15H,1-3,10H2,(H2,26,27,28,30,31). The van der Waals surface area contributed by atoms with Crippen LogP contribution in [0.25, 0.3) is 0 Å². The van der Waals surface area contributed by atoms with Crippen molar-refractivity contribution in [2.45, 2.75) is 31.7 Å². The van der Waals surface area contributed by atoms with Crippen LogP contribution in [0.1, 0.15) is 41.6 Å². The van der Waals surface area contributed by atoms with Gasteiger partial charge in [0.2, 0.25) is 5.96 Å².